The molecule has 0 saturated carbocycles. The second-order valence-electron chi connectivity index (χ2n) is 6.92. The highest BCUT2D eigenvalue weighted by Gasteiger charge is 2.26. The summed E-state index contributed by atoms with van der Waals surface area (Å²) in [4.78, 5) is 12.5. The zero-order chi connectivity index (χ0) is 20.9. The summed E-state index contributed by atoms with van der Waals surface area (Å²) < 4.78 is 37.8. The van der Waals surface area contributed by atoms with Crippen molar-refractivity contribution in [3.63, 3.8) is 0 Å². The Kier molecular flexibility index (Phi) is 6.89. The molecule has 0 bridgehead atoms. The zero-order valence-corrected chi connectivity index (χ0v) is 17.5. The molecule has 1 saturated heterocycles. The molecule has 1 heterocycles. The Morgan fingerprint density at radius 3 is 2.62 bits per heavy atom. The Morgan fingerprint density at radius 2 is 1.90 bits per heavy atom. The van der Waals surface area contributed by atoms with E-state index in [0.717, 1.165) is 16.9 Å². The van der Waals surface area contributed by atoms with Gasteiger partial charge in [0.2, 0.25) is 10.0 Å². The number of hydrogen-bond acceptors (Lipinski definition) is 5. The highest BCUT2D eigenvalue weighted by Crippen LogP contribution is 2.19. The number of carbonyl (C=O) groups excluding carboxylic acids is 1. The van der Waals surface area contributed by atoms with E-state index in [1.807, 2.05) is 32.0 Å². The third-order valence-corrected chi connectivity index (χ3v) is 6.57. The number of rotatable bonds is 7. The number of ether oxygens (including phenoxy) is 2. The predicted octanol–water partition coefficient (Wildman–Crippen LogP) is 2.13. The molecule has 0 aliphatic carbocycles. The molecule has 1 amide bonds. The number of carbonyl (C=O) groups is 1. The monoisotopic (exact) mass is 418 g/mol. The van der Waals surface area contributed by atoms with Crippen molar-refractivity contribution in [3.05, 3.63) is 59.2 Å². The second kappa shape index (κ2) is 9.39. The van der Waals surface area contributed by atoms with Crippen LogP contribution in [0.2, 0.25) is 0 Å². The Morgan fingerprint density at radius 1 is 1.14 bits per heavy atom. The first-order chi connectivity index (χ1) is 13.9. The number of sulfonamides is 1. The number of benzene rings is 2. The van der Waals surface area contributed by atoms with Crippen molar-refractivity contribution in [3.8, 4) is 5.75 Å². The van der Waals surface area contributed by atoms with Crippen LogP contribution in [0, 0.1) is 13.8 Å². The average Bonchev–Trinajstić information content (AvgIpc) is 2.73. The quantitative estimate of drug-likeness (QED) is 0.697. The molecule has 0 spiro atoms. The molecule has 1 N–H and O–H groups in total. The van der Waals surface area contributed by atoms with Crippen molar-refractivity contribution in [2.45, 2.75) is 18.7 Å². The molecule has 1 aliphatic heterocycles. The molecule has 156 valence electrons. The van der Waals surface area contributed by atoms with E-state index in [2.05, 4.69) is 5.32 Å². The lowest BCUT2D eigenvalue weighted by Gasteiger charge is -2.26. The van der Waals surface area contributed by atoms with E-state index < -0.39 is 10.0 Å². The van der Waals surface area contributed by atoms with Crippen LogP contribution in [0.3, 0.4) is 0 Å². The molecular weight excluding hydrogens is 392 g/mol. The normalized spacial score (nSPS) is 15.1. The maximum absolute atomic E-state index is 12.8. The number of hydrogen-bond donors (Lipinski definition) is 1. The van der Waals surface area contributed by atoms with Gasteiger partial charge < -0.3 is 14.8 Å². The van der Waals surface area contributed by atoms with Crippen molar-refractivity contribution in [2.24, 2.45) is 0 Å². The minimum absolute atomic E-state index is 0.110. The van der Waals surface area contributed by atoms with Crippen LogP contribution in [0.4, 0.5) is 0 Å². The van der Waals surface area contributed by atoms with Crippen molar-refractivity contribution < 1.29 is 22.7 Å². The van der Waals surface area contributed by atoms with Gasteiger partial charge in [0.05, 0.1) is 24.7 Å². The van der Waals surface area contributed by atoms with Gasteiger partial charge in [0, 0.05) is 18.7 Å². The molecule has 3 rings (SSSR count). The third-order valence-electron chi connectivity index (χ3n) is 4.68. The fourth-order valence-corrected chi connectivity index (χ4v) is 4.58. The van der Waals surface area contributed by atoms with Crippen LogP contribution < -0.4 is 10.1 Å². The first-order valence-electron chi connectivity index (χ1n) is 9.54. The lowest BCUT2D eigenvalue weighted by molar-refractivity contribution is 0.0730. The average molecular weight is 419 g/mol. The van der Waals surface area contributed by atoms with Crippen LogP contribution in [0.15, 0.2) is 47.4 Å². The van der Waals surface area contributed by atoms with Gasteiger partial charge in [-0.2, -0.15) is 4.31 Å². The van der Waals surface area contributed by atoms with E-state index in [4.69, 9.17) is 9.47 Å². The Bertz CT molecular complexity index is 969. The molecule has 2 aromatic rings. The van der Waals surface area contributed by atoms with Crippen molar-refractivity contribution in [1.29, 1.82) is 0 Å². The molecule has 29 heavy (non-hydrogen) atoms. The highest BCUT2D eigenvalue weighted by atomic mass is 32.2. The van der Waals surface area contributed by atoms with Gasteiger partial charge in [0.1, 0.15) is 12.4 Å². The Labute approximate surface area is 171 Å². The van der Waals surface area contributed by atoms with Crippen molar-refractivity contribution >= 4 is 15.9 Å². The van der Waals surface area contributed by atoms with Gasteiger partial charge >= 0.3 is 0 Å². The van der Waals surface area contributed by atoms with Gasteiger partial charge in [0.15, 0.2) is 0 Å². The SMILES string of the molecule is Cc1ccc(OCCNC(=O)c2cccc(S(=O)(=O)N3CCOCC3)c2)c(C)c1. The molecule has 0 unspecified atom stereocenters. The van der Waals surface area contributed by atoms with Gasteiger partial charge in [-0.15, -0.1) is 0 Å². The van der Waals surface area contributed by atoms with Crippen LogP contribution in [0.5, 0.6) is 5.75 Å². The smallest absolute Gasteiger partial charge is 0.251 e. The van der Waals surface area contributed by atoms with Crippen LogP contribution in [0.25, 0.3) is 0 Å². The van der Waals surface area contributed by atoms with Gasteiger partial charge in [-0.25, -0.2) is 8.42 Å². The number of morpholine rings is 1. The van der Waals surface area contributed by atoms with E-state index in [1.165, 1.54) is 16.4 Å². The number of nitrogens with zero attached hydrogens (tertiary/aromatic N) is 1. The fourth-order valence-electron chi connectivity index (χ4n) is 3.12. The maximum atomic E-state index is 12.8. The molecular formula is C21H26N2O5S. The van der Waals surface area contributed by atoms with Crippen LogP contribution >= 0.6 is 0 Å². The van der Waals surface area contributed by atoms with Crippen LogP contribution in [0.1, 0.15) is 21.5 Å². The summed E-state index contributed by atoms with van der Waals surface area (Å²) in [5, 5.41) is 2.77. The van der Waals surface area contributed by atoms with Crippen molar-refractivity contribution in [2.75, 3.05) is 39.5 Å². The first kappa shape index (κ1) is 21.3. The van der Waals surface area contributed by atoms with E-state index in [-0.39, 0.29) is 10.8 Å². The summed E-state index contributed by atoms with van der Waals surface area (Å²) in [6.07, 6.45) is 0. The zero-order valence-electron chi connectivity index (χ0n) is 16.7. The summed E-state index contributed by atoms with van der Waals surface area (Å²) in [5.41, 5.74) is 2.50. The topological polar surface area (TPSA) is 84.9 Å². The van der Waals surface area contributed by atoms with Crippen LogP contribution in [-0.4, -0.2) is 58.1 Å². The van der Waals surface area contributed by atoms with Gasteiger partial charge in [-0.3, -0.25) is 4.79 Å². The van der Waals surface area contributed by atoms with Gasteiger partial charge in [-0.05, 0) is 43.7 Å². The summed E-state index contributed by atoms with van der Waals surface area (Å²) in [5.74, 6) is 0.441. The van der Waals surface area contributed by atoms with E-state index >= 15 is 0 Å². The summed E-state index contributed by atoms with van der Waals surface area (Å²) in [6.45, 7) is 6.00. The molecule has 7 nitrogen and oxygen atoms in total. The first-order valence-corrected chi connectivity index (χ1v) is 11.0. The summed E-state index contributed by atoms with van der Waals surface area (Å²) >= 11 is 0. The second-order valence-corrected chi connectivity index (χ2v) is 8.86. The Balaban J connectivity index is 1.58. The predicted molar refractivity (Wildman–Crippen MR) is 110 cm³/mol. The lowest BCUT2D eigenvalue weighted by atomic mass is 10.1. The van der Waals surface area contributed by atoms with Crippen molar-refractivity contribution in [1.82, 2.24) is 9.62 Å². The minimum atomic E-state index is -3.64. The number of nitrogens with one attached hydrogen (secondary N) is 1. The summed E-state index contributed by atoms with van der Waals surface area (Å²) in [6, 6.07) is 12.0. The maximum Gasteiger partial charge on any atom is 0.251 e. The number of amides is 1. The molecule has 0 radical (unpaired) electrons. The van der Waals surface area contributed by atoms with Gasteiger partial charge in [0.25, 0.3) is 5.91 Å². The van der Waals surface area contributed by atoms with Crippen LogP contribution in [-0.2, 0) is 14.8 Å². The highest BCUT2D eigenvalue weighted by molar-refractivity contribution is 7.89. The third kappa shape index (κ3) is 5.35. The number of aryl methyl sites for hydroxylation is 2. The Hall–Kier alpha value is -2.42. The lowest BCUT2D eigenvalue weighted by Crippen LogP contribution is -2.40. The largest absolute Gasteiger partial charge is 0.491 e. The fraction of sp³-hybridized carbons (Fsp3) is 0.381. The molecule has 8 heteroatoms. The van der Waals surface area contributed by atoms with E-state index in [1.54, 1.807) is 12.1 Å². The molecule has 0 atom stereocenters. The molecule has 1 fully saturated rings. The molecule has 1 aliphatic rings. The van der Waals surface area contributed by atoms with Gasteiger partial charge in [-0.1, -0.05) is 23.8 Å². The molecule has 0 aromatic heterocycles. The van der Waals surface area contributed by atoms with E-state index in [9.17, 15) is 13.2 Å². The standard InChI is InChI=1S/C21H26N2O5S/c1-16-6-7-20(17(2)14-16)28-11-8-22-21(24)18-4-3-5-19(15-18)29(25,26)23-9-12-27-13-10-23/h3-7,14-15H,8-13H2,1-2H3,(H,22,24). The minimum Gasteiger partial charge on any atom is -0.491 e. The summed E-state index contributed by atoms with van der Waals surface area (Å²) in [7, 11) is -3.64. The van der Waals surface area contributed by atoms with E-state index in [0.29, 0.717) is 45.0 Å². The molecule has 2 aromatic carbocycles.